The number of aromatic nitrogens is 1. The summed E-state index contributed by atoms with van der Waals surface area (Å²) in [6.07, 6.45) is 3.39. The highest BCUT2D eigenvalue weighted by Gasteiger charge is 2.16. The first-order valence-electron chi connectivity index (χ1n) is 5.37. The van der Waals surface area contributed by atoms with Gasteiger partial charge in [0.25, 0.3) is 0 Å². The Morgan fingerprint density at radius 1 is 1.25 bits per heavy atom. The summed E-state index contributed by atoms with van der Waals surface area (Å²) in [5.41, 5.74) is 1.14. The largest absolute Gasteiger partial charge is 0.409 e. The zero-order valence-corrected chi connectivity index (χ0v) is 9.74. The van der Waals surface area contributed by atoms with E-state index in [2.05, 4.69) is 23.5 Å². The van der Waals surface area contributed by atoms with Crippen molar-refractivity contribution >= 4 is 23.3 Å². The Labute approximate surface area is 101 Å². The van der Waals surface area contributed by atoms with E-state index in [1.165, 1.54) is 5.39 Å². The van der Waals surface area contributed by atoms with Gasteiger partial charge in [0.2, 0.25) is 0 Å². The van der Waals surface area contributed by atoms with E-state index >= 15 is 0 Å². The van der Waals surface area contributed by atoms with Gasteiger partial charge in [0, 0.05) is 24.5 Å². The van der Waals surface area contributed by atoms with Crippen molar-refractivity contribution in [1.29, 1.82) is 0 Å². The van der Waals surface area contributed by atoms with Gasteiger partial charge in [-0.15, -0.1) is 12.4 Å². The van der Waals surface area contributed by atoms with Crippen LogP contribution in [0, 0.1) is 0 Å². The number of nitrogens with one attached hydrogen (secondary N) is 1. The number of hydrogen-bond donors (Lipinski definition) is 1. The van der Waals surface area contributed by atoms with Crippen molar-refractivity contribution in [2.45, 2.75) is 12.5 Å². The SMILES string of the molecule is Cl.c1ccc2c(c1)ccn2OC1CCNC1. The molecule has 86 valence electrons. The first-order chi connectivity index (χ1) is 7.43. The fraction of sp³-hybridized carbons (Fsp3) is 0.333. The van der Waals surface area contributed by atoms with E-state index in [-0.39, 0.29) is 12.4 Å². The summed E-state index contributed by atoms with van der Waals surface area (Å²) in [5, 5.41) is 4.52. The van der Waals surface area contributed by atoms with E-state index in [1.54, 1.807) is 0 Å². The second kappa shape index (κ2) is 4.76. The molecule has 1 unspecified atom stereocenters. The summed E-state index contributed by atoms with van der Waals surface area (Å²) in [6, 6.07) is 10.3. The molecule has 0 aliphatic carbocycles. The Kier molecular flexibility index (Phi) is 3.36. The molecule has 1 aromatic carbocycles. The lowest BCUT2D eigenvalue weighted by molar-refractivity contribution is 0.0577. The molecule has 1 aliphatic heterocycles. The van der Waals surface area contributed by atoms with Gasteiger partial charge in [0.05, 0.1) is 5.52 Å². The zero-order valence-electron chi connectivity index (χ0n) is 8.93. The van der Waals surface area contributed by atoms with Gasteiger partial charge < -0.3 is 10.2 Å². The highest BCUT2D eigenvalue weighted by molar-refractivity contribution is 5.85. The van der Waals surface area contributed by atoms with Gasteiger partial charge in [-0.05, 0) is 18.7 Å². The summed E-state index contributed by atoms with van der Waals surface area (Å²) >= 11 is 0. The third-order valence-corrected chi connectivity index (χ3v) is 2.84. The molecule has 3 rings (SSSR count). The monoisotopic (exact) mass is 238 g/mol. The quantitative estimate of drug-likeness (QED) is 0.864. The fourth-order valence-electron chi connectivity index (χ4n) is 2.03. The molecule has 2 aromatic rings. The second-order valence-electron chi connectivity index (χ2n) is 3.92. The maximum atomic E-state index is 5.88. The zero-order chi connectivity index (χ0) is 10.1. The second-order valence-corrected chi connectivity index (χ2v) is 3.92. The minimum absolute atomic E-state index is 0. The van der Waals surface area contributed by atoms with Crippen LogP contribution in [-0.2, 0) is 0 Å². The minimum Gasteiger partial charge on any atom is -0.409 e. The van der Waals surface area contributed by atoms with E-state index in [9.17, 15) is 0 Å². The number of para-hydroxylation sites is 1. The maximum absolute atomic E-state index is 5.88. The van der Waals surface area contributed by atoms with E-state index in [0.29, 0.717) is 6.10 Å². The van der Waals surface area contributed by atoms with Crippen LogP contribution in [0.3, 0.4) is 0 Å². The number of nitrogens with zero attached hydrogens (tertiary/aromatic N) is 1. The topological polar surface area (TPSA) is 26.2 Å². The van der Waals surface area contributed by atoms with Gasteiger partial charge >= 0.3 is 0 Å². The Morgan fingerprint density at radius 2 is 2.12 bits per heavy atom. The molecule has 1 atom stereocenters. The Balaban J connectivity index is 0.000000963. The predicted octanol–water partition coefficient (Wildman–Crippen LogP) is 1.85. The molecule has 0 amide bonds. The van der Waals surface area contributed by atoms with Gasteiger partial charge in [-0.25, -0.2) is 0 Å². The maximum Gasteiger partial charge on any atom is 0.139 e. The number of halogens is 1. The van der Waals surface area contributed by atoms with Gasteiger partial charge in [0.15, 0.2) is 0 Å². The molecule has 1 aromatic heterocycles. The highest BCUT2D eigenvalue weighted by atomic mass is 35.5. The Hall–Kier alpha value is -1.19. The summed E-state index contributed by atoms with van der Waals surface area (Å²) in [5.74, 6) is 0. The predicted molar refractivity (Wildman–Crippen MR) is 67.0 cm³/mol. The van der Waals surface area contributed by atoms with Gasteiger partial charge in [-0.1, -0.05) is 18.2 Å². The molecular formula is C12H15ClN2O. The lowest BCUT2D eigenvalue weighted by atomic mass is 10.3. The molecule has 2 heterocycles. The van der Waals surface area contributed by atoms with Crippen LogP contribution in [-0.4, -0.2) is 23.9 Å². The van der Waals surface area contributed by atoms with Crippen LogP contribution in [0.1, 0.15) is 6.42 Å². The Bertz CT molecular complexity index is 463. The lowest BCUT2D eigenvalue weighted by Crippen LogP contribution is -2.26. The van der Waals surface area contributed by atoms with Crippen LogP contribution in [0.4, 0.5) is 0 Å². The number of fused-ring (bicyclic) bond motifs is 1. The van der Waals surface area contributed by atoms with Crippen LogP contribution in [0.15, 0.2) is 36.5 Å². The molecule has 1 saturated heterocycles. The molecule has 0 spiro atoms. The van der Waals surface area contributed by atoms with Crippen molar-refractivity contribution in [2.24, 2.45) is 0 Å². The molecule has 1 N–H and O–H groups in total. The molecule has 3 nitrogen and oxygen atoms in total. The lowest BCUT2D eigenvalue weighted by Gasteiger charge is -2.13. The molecule has 16 heavy (non-hydrogen) atoms. The average molecular weight is 239 g/mol. The molecule has 1 fully saturated rings. The molecule has 0 saturated carbocycles. The molecule has 1 aliphatic rings. The highest BCUT2D eigenvalue weighted by Crippen LogP contribution is 2.14. The van der Waals surface area contributed by atoms with Gasteiger partial charge in [-0.2, -0.15) is 4.73 Å². The third kappa shape index (κ3) is 2.01. The van der Waals surface area contributed by atoms with Crippen molar-refractivity contribution in [1.82, 2.24) is 10.0 Å². The molecular weight excluding hydrogens is 224 g/mol. The van der Waals surface area contributed by atoms with E-state index in [4.69, 9.17) is 4.84 Å². The first kappa shape index (κ1) is 11.3. The van der Waals surface area contributed by atoms with E-state index < -0.39 is 0 Å². The van der Waals surface area contributed by atoms with Crippen LogP contribution >= 0.6 is 12.4 Å². The smallest absolute Gasteiger partial charge is 0.139 e. The van der Waals surface area contributed by atoms with Crippen LogP contribution in [0.2, 0.25) is 0 Å². The molecule has 0 radical (unpaired) electrons. The average Bonchev–Trinajstić information content (AvgIpc) is 2.89. The summed E-state index contributed by atoms with van der Waals surface area (Å²) in [6.45, 7) is 2.01. The third-order valence-electron chi connectivity index (χ3n) is 2.84. The van der Waals surface area contributed by atoms with Crippen molar-refractivity contribution in [2.75, 3.05) is 13.1 Å². The van der Waals surface area contributed by atoms with Crippen molar-refractivity contribution in [3.8, 4) is 0 Å². The number of hydrogen-bond acceptors (Lipinski definition) is 2. The minimum atomic E-state index is 0. The molecule has 4 heteroatoms. The van der Waals surface area contributed by atoms with E-state index in [1.807, 2.05) is 23.1 Å². The summed E-state index contributed by atoms with van der Waals surface area (Å²) < 4.78 is 1.88. The normalized spacial score (nSPS) is 19.6. The fourth-order valence-corrected chi connectivity index (χ4v) is 2.03. The van der Waals surface area contributed by atoms with Crippen LogP contribution in [0.25, 0.3) is 10.9 Å². The Morgan fingerprint density at radius 3 is 2.94 bits per heavy atom. The first-order valence-corrected chi connectivity index (χ1v) is 5.37. The van der Waals surface area contributed by atoms with E-state index in [0.717, 1.165) is 25.0 Å². The molecule has 0 bridgehead atoms. The van der Waals surface area contributed by atoms with Crippen molar-refractivity contribution < 1.29 is 4.84 Å². The van der Waals surface area contributed by atoms with Crippen molar-refractivity contribution in [3.05, 3.63) is 36.5 Å². The summed E-state index contributed by atoms with van der Waals surface area (Å²) in [4.78, 5) is 5.88. The van der Waals surface area contributed by atoms with Crippen molar-refractivity contribution in [3.63, 3.8) is 0 Å². The number of benzene rings is 1. The summed E-state index contributed by atoms with van der Waals surface area (Å²) in [7, 11) is 0. The number of rotatable bonds is 2. The van der Waals surface area contributed by atoms with Crippen LogP contribution < -0.4 is 10.2 Å². The van der Waals surface area contributed by atoms with Crippen LogP contribution in [0.5, 0.6) is 0 Å². The van der Waals surface area contributed by atoms with Gasteiger partial charge in [-0.3, -0.25) is 0 Å². The van der Waals surface area contributed by atoms with Gasteiger partial charge in [0.1, 0.15) is 6.10 Å². The standard InChI is InChI=1S/C12H14N2O.ClH/c1-2-4-12-10(3-1)6-8-14(12)15-11-5-7-13-9-11;/h1-4,6,8,11,13H,5,7,9H2;1H.